The zero-order chi connectivity index (χ0) is 27.0. The maximum absolute atomic E-state index is 14.2. The van der Waals surface area contributed by atoms with Gasteiger partial charge in [0.25, 0.3) is 5.56 Å². The van der Waals surface area contributed by atoms with Crippen molar-refractivity contribution in [3.8, 4) is 17.3 Å². The molecule has 10 heteroatoms. The number of ether oxygens (including phenoxy) is 1. The van der Waals surface area contributed by atoms with Gasteiger partial charge in [0.1, 0.15) is 11.5 Å². The van der Waals surface area contributed by atoms with Crippen molar-refractivity contribution in [3.63, 3.8) is 0 Å². The van der Waals surface area contributed by atoms with Crippen molar-refractivity contribution in [1.29, 1.82) is 0 Å². The van der Waals surface area contributed by atoms with Crippen LogP contribution in [0.4, 0.5) is 4.39 Å². The molecule has 2 atom stereocenters. The summed E-state index contributed by atoms with van der Waals surface area (Å²) in [6, 6.07) is 12.9. The van der Waals surface area contributed by atoms with E-state index in [1.54, 1.807) is 29.8 Å². The number of nitrogens with zero attached hydrogens (tertiary/aromatic N) is 5. The van der Waals surface area contributed by atoms with E-state index in [0.29, 0.717) is 30.2 Å². The molecule has 5 rings (SSSR count). The molecule has 1 aliphatic rings. The Morgan fingerprint density at radius 1 is 1.16 bits per heavy atom. The summed E-state index contributed by atoms with van der Waals surface area (Å²) in [7, 11) is 0. The average Bonchev–Trinajstić information content (AvgIpc) is 3.35. The van der Waals surface area contributed by atoms with Crippen molar-refractivity contribution in [2.75, 3.05) is 13.2 Å². The van der Waals surface area contributed by atoms with Gasteiger partial charge >= 0.3 is 5.69 Å². The van der Waals surface area contributed by atoms with Crippen LogP contribution in [0.5, 0.6) is 5.88 Å². The number of imidazole rings is 1. The van der Waals surface area contributed by atoms with Crippen molar-refractivity contribution in [3.05, 3.63) is 75.1 Å². The van der Waals surface area contributed by atoms with E-state index in [1.807, 2.05) is 44.2 Å². The number of aromatic nitrogens is 5. The summed E-state index contributed by atoms with van der Waals surface area (Å²) in [6.45, 7) is 5.73. The lowest BCUT2D eigenvalue weighted by Gasteiger charge is -2.15. The third-order valence-corrected chi connectivity index (χ3v) is 7.07. The number of fused-ring (bicyclic) bond motifs is 1. The third-order valence-electron chi connectivity index (χ3n) is 7.07. The number of hydrogen-bond donors (Lipinski definition) is 1. The van der Waals surface area contributed by atoms with Crippen molar-refractivity contribution in [1.82, 2.24) is 23.7 Å². The molecule has 4 aromatic rings. The predicted octanol–water partition coefficient (Wildman–Crippen LogP) is 3.56. The number of benzene rings is 1. The van der Waals surface area contributed by atoms with Gasteiger partial charge in [-0.1, -0.05) is 30.3 Å². The highest BCUT2D eigenvalue weighted by Crippen LogP contribution is 2.47. The standard InChI is InChI=1S/C28H32FN5O4/c1-18(2)34-24-22(26(36)32(27(34)37)13-8-14-35)33(16-19-9-5-4-6-10-19)23(31-24)21-11-7-12-30-25(21)38-17-20-15-28(20,3)29/h4-7,9-12,18,20,35H,8,13-17H2,1-3H3/t20-,28?/m1/s1. The molecular formula is C28H32FN5O4. The maximum Gasteiger partial charge on any atom is 0.332 e. The van der Waals surface area contributed by atoms with Crippen molar-refractivity contribution < 1.29 is 14.2 Å². The minimum atomic E-state index is -1.23. The van der Waals surface area contributed by atoms with Crippen molar-refractivity contribution >= 4 is 11.2 Å². The van der Waals surface area contributed by atoms with Gasteiger partial charge < -0.3 is 14.4 Å². The van der Waals surface area contributed by atoms with Gasteiger partial charge in [0.05, 0.1) is 12.2 Å². The monoisotopic (exact) mass is 521 g/mol. The Balaban J connectivity index is 1.74. The maximum atomic E-state index is 14.2. The van der Waals surface area contributed by atoms with Gasteiger partial charge in [-0.15, -0.1) is 0 Å². The van der Waals surface area contributed by atoms with Crippen LogP contribution in [0.3, 0.4) is 0 Å². The van der Waals surface area contributed by atoms with Crippen LogP contribution in [0.25, 0.3) is 22.6 Å². The van der Waals surface area contributed by atoms with Crippen LogP contribution in [0.2, 0.25) is 0 Å². The predicted molar refractivity (Wildman–Crippen MR) is 142 cm³/mol. The highest BCUT2D eigenvalue weighted by atomic mass is 19.1. The average molecular weight is 522 g/mol. The molecule has 0 bridgehead atoms. The van der Waals surface area contributed by atoms with Gasteiger partial charge in [0.15, 0.2) is 11.2 Å². The Morgan fingerprint density at radius 2 is 1.89 bits per heavy atom. The second kappa shape index (κ2) is 10.2. The van der Waals surface area contributed by atoms with E-state index < -0.39 is 16.9 Å². The van der Waals surface area contributed by atoms with Crippen LogP contribution < -0.4 is 16.0 Å². The smallest absolute Gasteiger partial charge is 0.332 e. The van der Waals surface area contributed by atoms with Crippen molar-refractivity contribution in [2.45, 2.75) is 58.4 Å². The lowest BCUT2D eigenvalue weighted by atomic mass is 10.2. The molecule has 200 valence electrons. The Labute approximate surface area is 219 Å². The summed E-state index contributed by atoms with van der Waals surface area (Å²) in [5.41, 5.74) is -0.136. The van der Waals surface area contributed by atoms with E-state index in [4.69, 9.17) is 9.72 Å². The number of pyridine rings is 1. The number of alkyl halides is 1. The van der Waals surface area contributed by atoms with E-state index in [0.717, 1.165) is 5.56 Å². The van der Waals surface area contributed by atoms with Crippen LogP contribution in [0, 0.1) is 5.92 Å². The molecule has 1 unspecified atom stereocenters. The minimum Gasteiger partial charge on any atom is -0.477 e. The lowest BCUT2D eigenvalue weighted by Crippen LogP contribution is -2.41. The SMILES string of the molecule is CC(C)n1c(=O)n(CCCO)c(=O)c2c1nc(-c1cccnc1OC[C@H]1CC1(C)F)n2Cc1ccccc1. The van der Waals surface area contributed by atoms with Crippen LogP contribution in [0.15, 0.2) is 58.3 Å². The first-order valence-electron chi connectivity index (χ1n) is 12.9. The largest absolute Gasteiger partial charge is 0.477 e. The molecule has 0 spiro atoms. The van der Waals surface area contributed by atoms with E-state index in [2.05, 4.69) is 4.98 Å². The molecule has 1 N–H and O–H groups in total. The number of halogens is 1. The first kappa shape index (κ1) is 25.8. The Hall–Kier alpha value is -3.79. The van der Waals surface area contributed by atoms with E-state index in [-0.39, 0.29) is 49.3 Å². The van der Waals surface area contributed by atoms with Crippen LogP contribution in [-0.4, -0.2) is 47.7 Å². The summed E-state index contributed by atoms with van der Waals surface area (Å²) < 4.78 is 24.6. The lowest BCUT2D eigenvalue weighted by molar-refractivity contribution is 0.233. The highest BCUT2D eigenvalue weighted by Gasteiger charge is 2.51. The van der Waals surface area contributed by atoms with Gasteiger partial charge in [-0.05, 0) is 51.3 Å². The Bertz CT molecular complexity index is 1570. The van der Waals surface area contributed by atoms with Crippen molar-refractivity contribution in [2.24, 2.45) is 5.92 Å². The molecule has 3 aromatic heterocycles. The van der Waals surface area contributed by atoms with E-state index in [1.165, 1.54) is 9.13 Å². The highest BCUT2D eigenvalue weighted by molar-refractivity contribution is 5.78. The van der Waals surface area contributed by atoms with Gasteiger partial charge in [0.2, 0.25) is 5.88 Å². The molecule has 0 amide bonds. The summed E-state index contributed by atoms with van der Waals surface area (Å²) in [5.74, 6) is 0.515. The molecule has 3 heterocycles. The Morgan fingerprint density at radius 3 is 2.55 bits per heavy atom. The summed E-state index contributed by atoms with van der Waals surface area (Å²) >= 11 is 0. The zero-order valence-electron chi connectivity index (χ0n) is 21.8. The quantitative estimate of drug-likeness (QED) is 0.342. The number of hydrogen-bond acceptors (Lipinski definition) is 6. The normalized spacial score (nSPS) is 18.8. The topological polar surface area (TPSA) is 104 Å². The molecule has 1 fully saturated rings. The molecule has 38 heavy (non-hydrogen) atoms. The molecular weight excluding hydrogens is 489 g/mol. The molecule has 0 radical (unpaired) electrons. The Kier molecular flexibility index (Phi) is 6.92. The molecule has 0 aliphatic heterocycles. The van der Waals surface area contributed by atoms with Crippen LogP contribution >= 0.6 is 0 Å². The van der Waals surface area contributed by atoms with Crippen LogP contribution in [-0.2, 0) is 13.1 Å². The first-order chi connectivity index (χ1) is 18.2. The molecule has 1 saturated carbocycles. The fraction of sp³-hybridized carbons (Fsp3) is 0.429. The summed E-state index contributed by atoms with van der Waals surface area (Å²) in [6.07, 6.45) is 2.31. The second-order valence-corrected chi connectivity index (χ2v) is 10.3. The molecule has 0 saturated heterocycles. The number of aliphatic hydroxyl groups excluding tert-OH is 1. The fourth-order valence-electron chi connectivity index (χ4n) is 4.78. The first-order valence-corrected chi connectivity index (χ1v) is 12.9. The fourth-order valence-corrected chi connectivity index (χ4v) is 4.78. The summed E-state index contributed by atoms with van der Waals surface area (Å²) in [4.78, 5) is 36.4. The van der Waals surface area contributed by atoms with Gasteiger partial charge in [0, 0.05) is 37.9 Å². The van der Waals surface area contributed by atoms with E-state index in [9.17, 15) is 19.1 Å². The van der Waals surface area contributed by atoms with Gasteiger partial charge in [-0.25, -0.2) is 19.2 Å². The molecule has 9 nitrogen and oxygen atoms in total. The second-order valence-electron chi connectivity index (χ2n) is 10.3. The van der Waals surface area contributed by atoms with Crippen LogP contribution in [0.1, 0.15) is 45.2 Å². The third kappa shape index (κ3) is 4.76. The molecule has 1 aliphatic carbocycles. The summed E-state index contributed by atoms with van der Waals surface area (Å²) in [5, 5.41) is 9.37. The molecule has 1 aromatic carbocycles. The number of aliphatic hydroxyl groups is 1. The van der Waals surface area contributed by atoms with Gasteiger partial charge in [-0.3, -0.25) is 13.9 Å². The zero-order valence-corrected chi connectivity index (χ0v) is 21.8. The van der Waals surface area contributed by atoms with E-state index >= 15 is 0 Å². The minimum absolute atomic E-state index is 0.0906. The number of rotatable bonds is 10. The van der Waals surface area contributed by atoms with Gasteiger partial charge in [-0.2, -0.15) is 0 Å².